The van der Waals surface area contributed by atoms with Crippen molar-refractivity contribution in [1.29, 1.82) is 0 Å². The molecule has 0 spiro atoms. The van der Waals surface area contributed by atoms with Crippen LogP contribution in [0.25, 0.3) is 0 Å². The van der Waals surface area contributed by atoms with Gasteiger partial charge in [-0.3, -0.25) is 9.88 Å². The van der Waals surface area contributed by atoms with Gasteiger partial charge < -0.3 is 14.3 Å². The quantitative estimate of drug-likeness (QED) is 0.587. The van der Waals surface area contributed by atoms with Crippen LogP contribution in [0.2, 0.25) is 18.1 Å². The number of pyridine rings is 1. The second-order valence-corrected chi connectivity index (χ2v) is 13.3. The third-order valence-corrected chi connectivity index (χ3v) is 10.1. The Morgan fingerprint density at radius 1 is 1.44 bits per heavy atom. The predicted molar refractivity (Wildman–Crippen MR) is 108 cm³/mol. The third-order valence-electron chi connectivity index (χ3n) is 5.54. The summed E-state index contributed by atoms with van der Waals surface area (Å²) in [6, 6.07) is 3.12. The molecule has 6 nitrogen and oxygen atoms in total. The van der Waals surface area contributed by atoms with Crippen molar-refractivity contribution in [3.8, 4) is 0 Å². The molecule has 1 aliphatic heterocycles. The summed E-state index contributed by atoms with van der Waals surface area (Å²) in [4.78, 5) is 18.1. The van der Waals surface area contributed by atoms with E-state index >= 15 is 0 Å². The molecular weight excluding hydrogens is 360 g/mol. The summed E-state index contributed by atoms with van der Waals surface area (Å²) in [6.45, 7) is 15.1. The van der Waals surface area contributed by atoms with Crippen molar-refractivity contribution in [2.24, 2.45) is 0 Å². The molecule has 0 saturated carbocycles. The van der Waals surface area contributed by atoms with Gasteiger partial charge in [0.15, 0.2) is 8.32 Å². The number of likely N-dealkylation sites (tertiary alicyclic amines) is 1. The highest BCUT2D eigenvalue weighted by atomic mass is 28.4. The Kier molecular flexibility index (Phi) is 6.83. The van der Waals surface area contributed by atoms with Crippen molar-refractivity contribution in [1.82, 2.24) is 9.88 Å². The van der Waals surface area contributed by atoms with Gasteiger partial charge in [0.05, 0.1) is 18.2 Å². The zero-order chi connectivity index (χ0) is 20.2. The summed E-state index contributed by atoms with van der Waals surface area (Å²) in [5.74, 6) is 0. The minimum absolute atomic E-state index is 0.0724. The number of hydrogen-bond donors (Lipinski definition) is 1. The van der Waals surface area contributed by atoms with Crippen LogP contribution in [0.5, 0.6) is 0 Å². The molecule has 1 aromatic heterocycles. The smallest absolute Gasteiger partial charge is 0.410 e. The molecule has 1 N–H and O–H groups in total. The lowest BCUT2D eigenvalue weighted by molar-refractivity contribution is 0.0550. The van der Waals surface area contributed by atoms with E-state index in [-0.39, 0.29) is 17.7 Å². The van der Waals surface area contributed by atoms with Crippen molar-refractivity contribution in [2.45, 2.75) is 63.6 Å². The summed E-state index contributed by atoms with van der Waals surface area (Å²) < 4.78 is 11.7. The number of aromatic nitrogens is 1. The SMILES string of the molecule is C=CCOC(=O)N1C[C@H](O[Si](C)(C)C(C)(C)C)C[C@H]1C(O)c1ccncc1. The van der Waals surface area contributed by atoms with Crippen LogP contribution in [0.3, 0.4) is 0 Å². The fraction of sp³-hybridized carbons (Fsp3) is 0.600. The summed E-state index contributed by atoms with van der Waals surface area (Å²) in [5.41, 5.74) is 0.726. The number of rotatable bonds is 6. The Labute approximate surface area is 163 Å². The second kappa shape index (κ2) is 8.54. The van der Waals surface area contributed by atoms with E-state index in [0.29, 0.717) is 13.0 Å². The highest BCUT2D eigenvalue weighted by molar-refractivity contribution is 6.74. The van der Waals surface area contributed by atoms with Crippen molar-refractivity contribution < 1.29 is 19.1 Å². The van der Waals surface area contributed by atoms with Crippen molar-refractivity contribution >= 4 is 14.4 Å². The standard InChI is InChI=1S/C20H32N2O4Si/c1-7-12-25-19(24)22-14-16(26-27(5,6)20(2,3)4)13-17(22)18(23)15-8-10-21-11-9-15/h7-11,16-18,23H,1,12-14H2,2-6H3/t16-,17+,18?/m1/s1. The van der Waals surface area contributed by atoms with Gasteiger partial charge in [0.2, 0.25) is 0 Å². The highest BCUT2D eigenvalue weighted by Crippen LogP contribution is 2.40. The monoisotopic (exact) mass is 392 g/mol. The molecule has 2 rings (SSSR count). The molecule has 27 heavy (non-hydrogen) atoms. The van der Waals surface area contributed by atoms with E-state index in [2.05, 4.69) is 45.4 Å². The fourth-order valence-corrected chi connectivity index (χ4v) is 4.37. The first-order valence-corrected chi connectivity index (χ1v) is 12.3. The molecule has 1 saturated heterocycles. The first-order chi connectivity index (χ1) is 12.6. The number of carbonyl (C=O) groups is 1. The van der Waals surface area contributed by atoms with Crippen LogP contribution in [0, 0.1) is 0 Å². The molecule has 1 aliphatic rings. The maximum atomic E-state index is 12.5. The third kappa shape index (κ3) is 5.18. The van der Waals surface area contributed by atoms with Crippen LogP contribution < -0.4 is 0 Å². The van der Waals surface area contributed by atoms with E-state index in [0.717, 1.165) is 5.56 Å². The van der Waals surface area contributed by atoms with Crippen LogP contribution in [0.15, 0.2) is 37.2 Å². The number of hydrogen-bond acceptors (Lipinski definition) is 5. The largest absolute Gasteiger partial charge is 0.445 e. The van der Waals surface area contributed by atoms with Crippen LogP contribution in [-0.2, 0) is 9.16 Å². The Morgan fingerprint density at radius 3 is 2.63 bits per heavy atom. The number of aliphatic hydroxyl groups is 1. The van der Waals surface area contributed by atoms with Gasteiger partial charge in [-0.05, 0) is 42.2 Å². The van der Waals surface area contributed by atoms with Gasteiger partial charge in [0.1, 0.15) is 6.61 Å². The summed E-state index contributed by atoms with van der Waals surface area (Å²) >= 11 is 0. The molecule has 1 aromatic rings. The summed E-state index contributed by atoms with van der Waals surface area (Å²) in [7, 11) is -1.99. The molecular formula is C20H32N2O4Si. The lowest BCUT2D eigenvalue weighted by Gasteiger charge is -2.38. The first-order valence-electron chi connectivity index (χ1n) is 9.37. The highest BCUT2D eigenvalue weighted by Gasteiger charge is 2.46. The lowest BCUT2D eigenvalue weighted by Crippen LogP contribution is -2.45. The molecule has 1 amide bonds. The van der Waals surface area contributed by atoms with Gasteiger partial charge in [-0.15, -0.1) is 0 Å². The number of nitrogens with zero attached hydrogens (tertiary/aromatic N) is 2. The normalized spacial score (nSPS) is 21.8. The molecule has 3 atom stereocenters. The average molecular weight is 393 g/mol. The van der Waals surface area contributed by atoms with Crippen LogP contribution in [-0.4, -0.2) is 54.7 Å². The van der Waals surface area contributed by atoms with Crippen LogP contribution in [0.1, 0.15) is 38.9 Å². The van der Waals surface area contributed by atoms with Crippen molar-refractivity contribution in [3.05, 3.63) is 42.7 Å². The van der Waals surface area contributed by atoms with E-state index in [4.69, 9.17) is 9.16 Å². The number of carbonyl (C=O) groups excluding carboxylic acids is 1. The van der Waals surface area contributed by atoms with Crippen LogP contribution in [0.4, 0.5) is 4.79 Å². The van der Waals surface area contributed by atoms with Gasteiger partial charge >= 0.3 is 6.09 Å². The molecule has 0 aliphatic carbocycles. The molecule has 1 unspecified atom stereocenters. The van der Waals surface area contributed by atoms with E-state index < -0.39 is 26.6 Å². The molecule has 1 fully saturated rings. The fourth-order valence-electron chi connectivity index (χ4n) is 3.01. The summed E-state index contributed by atoms with van der Waals surface area (Å²) in [5, 5.41) is 11.0. The number of aliphatic hydroxyl groups excluding tert-OH is 1. The number of ether oxygens (including phenoxy) is 1. The minimum atomic E-state index is -1.99. The van der Waals surface area contributed by atoms with Gasteiger partial charge in [-0.25, -0.2) is 4.79 Å². The molecule has 150 valence electrons. The predicted octanol–water partition coefficient (Wildman–Crippen LogP) is 3.90. The Balaban J connectivity index is 2.20. The molecule has 2 heterocycles. The first kappa shape index (κ1) is 21.6. The average Bonchev–Trinajstić information content (AvgIpc) is 3.02. The molecule has 0 aromatic carbocycles. The van der Waals surface area contributed by atoms with Crippen molar-refractivity contribution in [2.75, 3.05) is 13.2 Å². The van der Waals surface area contributed by atoms with E-state index in [1.165, 1.54) is 6.08 Å². The lowest BCUT2D eigenvalue weighted by atomic mass is 10.0. The second-order valence-electron chi connectivity index (χ2n) is 8.55. The Morgan fingerprint density at radius 2 is 2.07 bits per heavy atom. The van der Waals surface area contributed by atoms with Crippen LogP contribution >= 0.6 is 0 Å². The van der Waals surface area contributed by atoms with Gasteiger partial charge in [0, 0.05) is 18.9 Å². The van der Waals surface area contributed by atoms with E-state index in [9.17, 15) is 9.90 Å². The minimum Gasteiger partial charge on any atom is -0.445 e. The topological polar surface area (TPSA) is 71.9 Å². The van der Waals surface area contributed by atoms with Gasteiger partial charge in [0.25, 0.3) is 0 Å². The zero-order valence-corrected chi connectivity index (χ0v) is 18.0. The van der Waals surface area contributed by atoms with E-state index in [1.807, 2.05) is 0 Å². The maximum absolute atomic E-state index is 12.5. The molecule has 7 heteroatoms. The molecule has 0 bridgehead atoms. The van der Waals surface area contributed by atoms with Gasteiger partial charge in [-0.1, -0.05) is 33.4 Å². The Bertz CT molecular complexity index is 645. The maximum Gasteiger partial charge on any atom is 0.410 e. The summed E-state index contributed by atoms with van der Waals surface area (Å²) in [6.07, 6.45) is 3.98. The molecule has 0 radical (unpaired) electrons. The Hall–Kier alpha value is -1.70. The van der Waals surface area contributed by atoms with E-state index in [1.54, 1.807) is 29.4 Å². The van der Waals surface area contributed by atoms with Crippen molar-refractivity contribution in [3.63, 3.8) is 0 Å². The number of amides is 1. The zero-order valence-electron chi connectivity index (χ0n) is 17.0. The van der Waals surface area contributed by atoms with Gasteiger partial charge in [-0.2, -0.15) is 0 Å².